The van der Waals surface area contributed by atoms with E-state index in [1.165, 1.54) is 5.56 Å². The predicted molar refractivity (Wildman–Crippen MR) is 65.3 cm³/mol. The Morgan fingerprint density at radius 2 is 2.00 bits per heavy atom. The van der Waals surface area contributed by atoms with Crippen molar-refractivity contribution in [3.8, 4) is 6.07 Å². The summed E-state index contributed by atoms with van der Waals surface area (Å²) >= 11 is 0. The third-order valence-electron chi connectivity index (χ3n) is 4.63. The van der Waals surface area contributed by atoms with Gasteiger partial charge in [-0.05, 0) is 42.7 Å². The molecule has 0 aliphatic heterocycles. The average molecular weight is 227 g/mol. The summed E-state index contributed by atoms with van der Waals surface area (Å²) in [6.07, 6.45) is 3.36. The Labute approximate surface area is 102 Å². The molecule has 88 valence electrons. The van der Waals surface area contributed by atoms with Crippen molar-refractivity contribution in [1.82, 2.24) is 0 Å². The average Bonchev–Trinajstić information content (AvgIpc) is 3.16. The molecule has 1 N–H and O–H groups in total. The van der Waals surface area contributed by atoms with Gasteiger partial charge in [0, 0.05) is 0 Å². The predicted octanol–water partition coefficient (Wildman–Crippen LogP) is 3.08. The normalized spacial score (nSPS) is 33.6. The minimum atomic E-state index is -0.912. The smallest absolute Gasteiger partial charge is 0.108 e. The molecule has 2 heteroatoms. The minimum absolute atomic E-state index is 0.487. The number of aliphatic hydroxyl groups is 1. The van der Waals surface area contributed by atoms with E-state index in [0.29, 0.717) is 5.92 Å². The van der Waals surface area contributed by atoms with Crippen molar-refractivity contribution in [2.45, 2.75) is 44.1 Å². The van der Waals surface area contributed by atoms with Crippen LogP contribution in [0, 0.1) is 16.7 Å². The van der Waals surface area contributed by atoms with Crippen molar-refractivity contribution in [3.63, 3.8) is 0 Å². The van der Waals surface area contributed by atoms with Crippen LogP contribution in [0.5, 0.6) is 0 Å². The first-order chi connectivity index (χ1) is 8.13. The van der Waals surface area contributed by atoms with Crippen LogP contribution >= 0.6 is 0 Å². The lowest BCUT2D eigenvalue weighted by Gasteiger charge is -2.40. The van der Waals surface area contributed by atoms with E-state index in [1.807, 2.05) is 18.2 Å². The van der Waals surface area contributed by atoms with Crippen molar-refractivity contribution >= 4 is 0 Å². The Morgan fingerprint density at radius 3 is 2.65 bits per heavy atom. The van der Waals surface area contributed by atoms with Crippen LogP contribution in [0.15, 0.2) is 24.3 Å². The number of fused-ring (bicyclic) bond motifs is 1. The largest absolute Gasteiger partial charge is 0.383 e. The summed E-state index contributed by atoms with van der Waals surface area (Å²) in [5, 5.41) is 20.4. The fraction of sp³-hybridized carbons (Fsp3) is 0.533. The highest BCUT2D eigenvalue weighted by molar-refractivity contribution is 5.42. The molecule has 17 heavy (non-hydrogen) atoms. The second-order valence-corrected chi connectivity index (χ2v) is 5.58. The molecule has 0 aromatic heterocycles. The van der Waals surface area contributed by atoms with Gasteiger partial charge in [0.15, 0.2) is 0 Å². The van der Waals surface area contributed by atoms with Crippen molar-refractivity contribution in [1.29, 1.82) is 5.26 Å². The van der Waals surface area contributed by atoms with Crippen LogP contribution in [-0.2, 0) is 5.60 Å². The van der Waals surface area contributed by atoms with Gasteiger partial charge in [0.1, 0.15) is 5.60 Å². The molecule has 1 fully saturated rings. The maximum atomic E-state index is 11.0. The standard InChI is InChI=1S/C15H17NO/c1-11-6-7-15(17,14(10-16)8-9-14)13-5-3-2-4-12(11)13/h2-5,11,17H,6-9H2,1H3. The molecule has 0 amide bonds. The lowest BCUT2D eigenvalue weighted by Crippen LogP contribution is -2.40. The number of nitriles is 1. The van der Waals surface area contributed by atoms with Crippen LogP contribution in [0.3, 0.4) is 0 Å². The highest BCUT2D eigenvalue weighted by Crippen LogP contribution is 2.62. The van der Waals surface area contributed by atoms with Crippen molar-refractivity contribution in [2.75, 3.05) is 0 Å². The summed E-state index contributed by atoms with van der Waals surface area (Å²) in [5.41, 5.74) is 0.800. The molecule has 1 saturated carbocycles. The van der Waals surface area contributed by atoms with Crippen molar-refractivity contribution in [2.24, 2.45) is 5.41 Å². The molecule has 1 aromatic carbocycles. The van der Waals surface area contributed by atoms with E-state index in [1.54, 1.807) is 0 Å². The van der Waals surface area contributed by atoms with Gasteiger partial charge in [0.2, 0.25) is 0 Å². The molecule has 3 rings (SSSR count). The zero-order valence-electron chi connectivity index (χ0n) is 10.1. The van der Waals surface area contributed by atoms with Crippen LogP contribution in [0.1, 0.15) is 49.7 Å². The Hall–Kier alpha value is -1.33. The number of nitrogens with zero attached hydrogens (tertiary/aromatic N) is 1. The lowest BCUT2D eigenvalue weighted by molar-refractivity contribution is -0.0334. The first kappa shape index (κ1) is 10.8. The van der Waals surface area contributed by atoms with Crippen LogP contribution in [0.25, 0.3) is 0 Å². The third kappa shape index (κ3) is 1.29. The molecule has 0 saturated heterocycles. The number of benzene rings is 1. The maximum absolute atomic E-state index is 11.0. The van der Waals surface area contributed by atoms with Gasteiger partial charge >= 0.3 is 0 Å². The molecule has 2 atom stereocenters. The van der Waals surface area contributed by atoms with Crippen molar-refractivity contribution < 1.29 is 5.11 Å². The lowest BCUT2D eigenvalue weighted by atomic mass is 9.67. The van der Waals surface area contributed by atoms with E-state index >= 15 is 0 Å². The van der Waals surface area contributed by atoms with Gasteiger partial charge in [-0.25, -0.2) is 0 Å². The summed E-state index contributed by atoms with van der Waals surface area (Å²) in [7, 11) is 0. The molecule has 2 aliphatic rings. The Balaban J connectivity index is 2.16. The molecule has 0 spiro atoms. The monoisotopic (exact) mass is 227 g/mol. The molecule has 1 aromatic rings. The minimum Gasteiger partial charge on any atom is -0.383 e. The molecule has 0 bridgehead atoms. The summed E-state index contributed by atoms with van der Waals surface area (Å²) < 4.78 is 0. The summed E-state index contributed by atoms with van der Waals surface area (Å²) in [6, 6.07) is 10.5. The molecule has 2 aliphatic carbocycles. The fourth-order valence-electron chi connectivity index (χ4n) is 3.26. The van der Waals surface area contributed by atoms with E-state index in [0.717, 1.165) is 31.2 Å². The quantitative estimate of drug-likeness (QED) is 0.801. The van der Waals surface area contributed by atoms with Gasteiger partial charge in [-0.2, -0.15) is 5.26 Å². The number of hydrogen-bond acceptors (Lipinski definition) is 2. The Morgan fingerprint density at radius 1 is 1.29 bits per heavy atom. The highest BCUT2D eigenvalue weighted by atomic mass is 16.3. The number of rotatable bonds is 1. The maximum Gasteiger partial charge on any atom is 0.108 e. The van der Waals surface area contributed by atoms with Crippen LogP contribution < -0.4 is 0 Å². The van der Waals surface area contributed by atoms with Crippen LogP contribution in [0.2, 0.25) is 0 Å². The molecule has 2 unspecified atom stereocenters. The Kier molecular flexibility index (Phi) is 2.12. The molecular weight excluding hydrogens is 210 g/mol. The molecule has 2 nitrogen and oxygen atoms in total. The zero-order valence-corrected chi connectivity index (χ0v) is 10.1. The molecule has 0 radical (unpaired) electrons. The first-order valence-corrected chi connectivity index (χ1v) is 6.36. The van der Waals surface area contributed by atoms with E-state index in [4.69, 9.17) is 0 Å². The third-order valence-corrected chi connectivity index (χ3v) is 4.63. The van der Waals surface area contributed by atoms with Crippen LogP contribution in [0.4, 0.5) is 0 Å². The van der Waals surface area contributed by atoms with Gasteiger partial charge in [0.05, 0.1) is 11.5 Å². The van der Waals surface area contributed by atoms with Crippen LogP contribution in [-0.4, -0.2) is 5.11 Å². The molecule has 0 heterocycles. The fourth-order valence-corrected chi connectivity index (χ4v) is 3.26. The van der Waals surface area contributed by atoms with Gasteiger partial charge in [-0.15, -0.1) is 0 Å². The Bertz CT molecular complexity index is 498. The summed E-state index contributed by atoms with van der Waals surface area (Å²) in [5.74, 6) is 0.487. The van der Waals surface area contributed by atoms with E-state index in [-0.39, 0.29) is 0 Å². The van der Waals surface area contributed by atoms with Gasteiger partial charge < -0.3 is 5.11 Å². The zero-order chi connectivity index (χ0) is 12.1. The SMILES string of the molecule is CC1CCC(O)(C2(C#N)CC2)c2ccccc21. The van der Waals surface area contributed by atoms with Gasteiger partial charge in [-0.1, -0.05) is 31.2 Å². The first-order valence-electron chi connectivity index (χ1n) is 6.36. The van der Waals surface area contributed by atoms with Gasteiger partial charge in [0.25, 0.3) is 0 Å². The topological polar surface area (TPSA) is 44.0 Å². The second kappa shape index (κ2) is 3.34. The van der Waals surface area contributed by atoms with Crippen molar-refractivity contribution in [3.05, 3.63) is 35.4 Å². The second-order valence-electron chi connectivity index (χ2n) is 5.58. The summed E-state index contributed by atoms with van der Waals surface area (Å²) in [6.45, 7) is 2.20. The molecular formula is C15H17NO. The van der Waals surface area contributed by atoms with E-state index < -0.39 is 11.0 Å². The summed E-state index contributed by atoms with van der Waals surface area (Å²) in [4.78, 5) is 0. The highest BCUT2D eigenvalue weighted by Gasteiger charge is 2.61. The van der Waals surface area contributed by atoms with Gasteiger partial charge in [-0.3, -0.25) is 0 Å². The van der Waals surface area contributed by atoms with E-state index in [9.17, 15) is 10.4 Å². The van der Waals surface area contributed by atoms with E-state index in [2.05, 4.69) is 19.1 Å². The number of hydrogen-bond donors (Lipinski definition) is 1.